The highest BCUT2D eigenvalue weighted by Crippen LogP contribution is 2.22. The summed E-state index contributed by atoms with van der Waals surface area (Å²) >= 11 is 3.54. The molecule has 1 atom stereocenters. The SMILES string of the molecule is C[C@H](NC(=O)CN1CCN(c2ncccn2)CC1)c1ccccc1Br. The van der Waals surface area contributed by atoms with Crippen molar-refractivity contribution in [3.8, 4) is 0 Å². The molecular weight excluding hydrogens is 382 g/mol. The molecule has 1 fully saturated rings. The van der Waals surface area contributed by atoms with Crippen molar-refractivity contribution in [1.82, 2.24) is 20.2 Å². The van der Waals surface area contributed by atoms with Gasteiger partial charge in [0.15, 0.2) is 0 Å². The molecule has 25 heavy (non-hydrogen) atoms. The quantitative estimate of drug-likeness (QED) is 0.829. The second kappa shape index (κ2) is 8.40. The maximum Gasteiger partial charge on any atom is 0.234 e. The van der Waals surface area contributed by atoms with Gasteiger partial charge in [0.1, 0.15) is 0 Å². The van der Waals surface area contributed by atoms with Crippen LogP contribution in [0.25, 0.3) is 0 Å². The number of nitrogens with zero attached hydrogens (tertiary/aromatic N) is 4. The van der Waals surface area contributed by atoms with Crippen LogP contribution in [0, 0.1) is 0 Å². The van der Waals surface area contributed by atoms with Crippen molar-refractivity contribution in [2.75, 3.05) is 37.6 Å². The van der Waals surface area contributed by atoms with Gasteiger partial charge in [-0.2, -0.15) is 0 Å². The third-order valence-corrected chi connectivity index (χ3v) is 5.05. The minimum atomic E-state index is -0.0258. The van der Waals surface area contributed by atoms with E-state index in [0.717, 1.165) is 42.2 Å². The van der Waals surface area contributed by atoms with Gasteiger partial charge in [0.05, 0.1) is 12.6 Å². The summed E-state index contributed by atoms with van der Waals surface area (Å²) < 4.78 is 1.01. The van der Waals surface area contributed by atoms with Crippen LogP contribution < -0.4 is 10.2 Å². The van der Waals surface area contributed by atoms with Crippen LogP contribution in [-0.4, -0.2) is 53.5 Å². The molecule has 0 unspecified atom stereocenters. The maximum absolute atomic E-state index is 12.4. The molecule has 1 N–H and O–H groups in total. The molecule has 1 aliphatic rings. The standard InChI is InChI=1S/C18H22BrN5O/c1-14(15-5-2-3-6-16(15)19)22-17(25)13-23-9-11-24(12-10-23)18-20-7-4-8-21-18/h2-8,14H,9-13H2,1H3,(H,22,25)/t14-/m0/s1. The van der Waals surface area contributed by atoms with E-state index in [1.165, 1.54) is 0 Å². The summed E-state index contributed by atoms with van der Waals surface area (Å²) in [5, 5.41) is 3.08. The van der Waals surface area contributed by atoms with E-state index >= 15 is 0 Å². The van der Waals surface area contributed by atoms with Crippen LogP contribution in [0.15, 0.2) is 47.2 Å². The van der Waals surface area contributed by atoms with E-state index in [-0.39, 0.29) is 11.9 Å². The number of carbonyl (C=O) groups is 1. The first-order valence-corrected chi connectivity index (χ1v) is 9.21. The van der Waals surface area contributed by atoms with Gasteiger partial charge in [0, 0.05) is 43.0 Å². The van der Waals surface area contributed by atoms with E-state index in [0.29, 0.717) is 6.54 Å². The Balaban J connectivity index is 1.47. The first kappa shape index (κ1) is 17.8. The Morgan fingerprint density at radius 2 is 1.84 bits per heavy atom. The second-order valence-corrected chi connectivity index (χ2v) is 6.98. The van der Waals surface area contributed by atoms with E-state index in [4.69, 9.17) is 0 Å². The Hall–Kier alpha value is -1.99. The molecule has 2 aromatic rings. The van der Waals surface area contributed by atoms with Gasteiger partial charge in [-0.25, -0.2) is 9.97 Å². The molecular formula is C18H22BrN5O. The van der Waals surface area contributed by atoms with E-state index in [9.17, 15) is 4.79 Å². The number of carbonyl (C=O) groups excluding carboxylic acids is 1. The van der Waals surface area contributed by atoms with E-state index < -0.39 is 0 Å². The van der Waals surface area contributed by atoms with Gasteiger partial charge in [-0.05, 0) is 24.6 Å². The number of halogens is 1. The van der Waals surface area contributed by atoms with Crippen molar-refractivity contribution in [3.63, 3.8) is 0 Å². The van der Waals surface area contributed by atoms with Crippen LogP contribution in [-0.2, 0) is 4.79 Å². The molecule has 0 bridgehead atoms. The zero-order valence-electron chi connectivity index (χ0n) is 14.2. The largest absolute Gasteiger partial charge is 0.348 e. The third kappa shape index (κ3) is 4.76. The molecule has 1 aliphatic heterocycles. The summed E-state index contributed by atoms with van der Waals surface area (Å²) in [6.07, 6.45) is 3.51. The highest BCUT2D eigenvalue weighted by molar-refractivity contribution is 9.10. The fraction of sp³-hybridized carbons (Fsp3) is 0.389. The zero-order chi connectivity index (χ0) is 17.6. The molecule has 2 heterocycles. The predicted octanol–water partition coefficient (Wildman–Crippen LogP) is 2.24. The molecule has 132 valence electrons. The number of piperazine rings is 1. The van der Waals surface area contributed by atoms with Crippen molar-refractivity contribution >= 4 is 27.8 Å². The van der Waals surface area contributed by atoms with Crippen LogP contribution in [0.1, 0.15) is 18.5 Å². The Morgan fingerprint density at radius 3 is 2.52 bits per heavy atom. The summed E-state index contributed by atoms with van der Waals surface area (Å²) in [7, 11) is 0. The number of benzene rings is 1. The summed E-state index contributed by atoms with van der Waals surface area (Å²) in [5.41, 5.74) is 1.09. The lowest BCUT2D eigenvalue weighted by Gasteiger charge is -2.34. The maximum atomic E-state index is 12.4. The second-order valence-electron chi connectivity index (χ2n) is 6.12. The molecule has 1 amide bonds. The zero-order valence-corrected chi connectivity index (χ0v) is 15.8. The Labute approximate surface area is 156 Å². The lowest BCUT2D eigenvalue weighted by atomic mass is 10.1. The van der Waals surface area contributed by atoms with Crippen LogP contribution in [0.5, 0.6) is 0 Å². The van der Waals surface area contributed by atoms with Gasteiger partial charge in [-0.1, -0.05) is 34.1 Å². The third-order valence-electron chi connectivity index (χ3n) is 4.32. The Morgan fingerprint density at radius 1 is 1.16 bits per heavy atom. The molecule has 3 rings (SSSR count). The smallest absolute Gasteiger partial charge is 0.234 e. The summed E-state index contributed by atoms with van der Waals surface area (Å²) in [4.78, 5) is 25.2. The van der Waals surface area contributed by atoms with Crippen molar-refractivity contribution in [1.29, 1.82) is 0 Å². The number of hydrogen-bond donors (Lipinski definition) is 1. The molecule has 0 saturated carbocycles. The van der Waals surface area contributed by atoms with Gasteiger partial charge in [-0.15, -0.1) is 0 Å². The van der Waals surface area contributed by atoms with Gasteiger partial charge in [0.25, 0.3) is 0 Å². The topological polar surface area (TPSA) is 61.4 Å². The predicted molar refractivity (Wildman–Crippen MR) is 101 cm³/mol. The normalized spacial score (nSPS) is 16.5. The molecule has 1 aromatic carbocycles. The Kier molecular flexibility index (Phi) is 5.99. The first-order valence-electron chi connectivity index (χ1n) is 8.41. The average molecular weight is 404 g/mol. The molecule has 6 nitrogen and oxygen atoms in total. The van der Waals surface area contributed by atoms with E-state index in [2.05, 4.69) is 41.0 Å². The minimum Gasteiger partial charge on any atom is -0.348 e. The lowest BCUT2D eigenvalue weighted by Crippen LogP contribution is -2.50. The van der Waals surface area contributed by atoms with Crippen molar-refractivity contribution < 1.29 is 4.79 Å². The number of hydrogen-bond acceptors (Lipinski definition) is 5. The minimum absolute atomic E-state index is 0.0258. The lowest BCUT2D eigenvalue weighted by molar-refractivity contribution is -0.123. The molecule has 1 aromatic heterocycles. The molecule has 0 spiro atoms. The first-order chi connectivity index (χ1) is 12.1. The Bertz CT molecular complexity index is 704. The van der Waals surface area contributed by atoms with Crippen LogP contribution in [0.4, 0.5) is 5.95 Å². The fourth-order valence-electron chi connectivity index (χ4n) is 2.95. The van der Waals surface area contributed by atoms with Crippen LogP contribution in [0.2, 0.25) is 0 Å². The van der Waals surface area contributed by atoms with Gasteiger partial charge >= 0.3 is 0 Å². The molecule has 0 radical (unpaired) electrons. The summed E-state index contributed by atoms with van der Waals surface area (Å²) in [6.45, 7) is 5.74. The summed E-state index contributed by atoms with van der Waals surface area (Å²) in [6, 6.07) is 9.75. The number of nitrogens with one attached hydrogen (secondary N) is 1. The summed E-state index contributed by atoms with van der Waals surface area (Å²) in [5.74, 6) is 0.807. The van der Waals surface area contributed by atoms with Crippen molar-refractivity contribution in [3.05, 3.63) is 52.8 Å². The van der Waals surface area contributed by atoms with E-state index in [1.807, 2.05) is 37.3 Å². The van der Waals surface area contributed by atoms with Crippen LogP contribution in [0.3, 0.4) is 0 Å². The van der Waals surface area contributed by atoms with Crippen molar-refractivity contribution in [2.24, 2.45) is 0 Å². The fourth-order valence-corrected chi connectivity index (χ4v) is 3.58. The van der Waals surface area contributed by atoms with Gasteiger partial charge in [-0.3, -0.25) is 9.69 Å². The van der Waals surface area contributed by atoms with Gasteiger partial charge < -0.3 is 10.2 Å². The van der Waals surface area contributed by atoms with Gasteiger partial charge in [0.2, 0.25) is 11.9 Å². The highest BCUT2D eigenvalue weighted by atomic mass is 79.9. The number of anilines is 1. The molecule has 0 aliphatic carbocycles. The number of amides is 1. The monoisotopic (exact) mass is 403 g/mol. The van der Waals surface area contributed by atoms with E-state index in [1.54, 1.807) is 12.4 Å². The highest BCUT2D eigenvalue weighted by Gasteiger charge is 2.21. The molecule has 1 saturated heterocycles. The van der Waals surface area contributed by atoms with Crippen molar-refractivity contribution in [2.45, 2.75) is 13.0 Å². The molecule has 7 heteroatoms. The number of rotatable bonds is 5. The number of aromatic nitrogens is 2. The van der Waals surface area contributed by atoms with Crippen LogP contribution >= 0.6 is 15.9 Å². The average Bonchev–Trinajstić information content (AvgIpc) is 2.63.